The number of anilines is 1. The smallest absolute Gasteiger partial charge is 0.226 e. The Morgan fingerprint density at radius 1 is 1.30 bits per heavy atom. The minimum absolute atomic E-state index is 0.504. The van der Waals surface area contributed by atoms with Gasteiger partial charge in [0, 0.05) is 18.3 Å². The quantitative estimate of drug-likeness (QED) is 0.838. The van der Waals surface area contributed by atoms with Gasteiger partial charge in [0.05, 0.1) is 12.2 Å². The molecule has 0 atom stereocenters. The van der Waals surface area contributed by atoms with E-state index in [1.165, 1.54) is 6.42 Å². The van der Waals surface area contributed by atoms with E-state index in [2.05, 4.69) is 22.2 Å². The van der Waals surface area contributed by atoms with Crippen molar-refractivity contribution < 1.29 is 9.84 Å². The van der Waals surface area contributed by atoms with E-state index < -0.39 is 5.60 Å². The number of hydrogen-bond donors (Lipinski definition) is 2. The largest absolute Gasteiger partial charge is 0.478 e. The van der Waals surface area contributed by atoms with E-state index in [-0.39, 0.29) is 0 Å². The predicted octanol–water partition coefficient (Wildman–Crippen LogP) is 2.68. The Hall–Kier alpha value is -1.36. The maximum absolute atomic E-state index is 10.5. The summed E-state index contributed by atoms with van der Waals surface area (Å²) in [6, 6.07) is 1.83. The van der Waals surface area contributed by atoms with E-state index in [4.69, 9.17) is 4.74 Å². The molecule has 112 valence electrons. The van der Waals surface area contributed by atoms with Crippen LogP contribution < -0.4 is 10.1 Å². The Labute approximate surface area is 120 Å². The van der Waals surface area contributed by atoms with E-state index >= 15 is 0 Å². The van der Waals surface area contributed by atoms with Crippen molar-refractivity contribution in [3.05, 3.63) is 11.8 Å². The highest BCUT2D eigenvalue weighted by atomic mass is 16.5. The van der Waals surface area contributed by atoms with Crippen LogP contribution in [-0.4, -0.2) is 33.8 Å². The molecule has 1 heterocycles. The lowest BCUT2D eigenvalue weighted by Crippen LogP contribution is -2.39. The minimum Gasteiger partial charge on any atom is -0.478 e. The van der Waals surface area contributed by atoms with Crippen molar-refractivity contribution in [3.8, 4) is 5.88 Å². The van der Waals surface area contributed by atoms with Gasteiger partial charge in [-0.1, -0.05) is 26.2 Å². The monoisotopic (exact) mass is 279 g/mol. The Morgan fingerprint density at radius 2 is 2.05 bits per heavy atom. The van der Waals surface area contributed by atoms with Crippen LogP contribution in [0.3, 0.4) is 0 Å². The van der Waals surface area contributed by atoms with Gasteiger partial charge >= 0.3 is 0 Å². The summed E-state index contributed by atoms with van der Waals surface area (Å²) in [5.41, 5.74) is 0.250. The molecule has 0 radical (unpaired) electrons. The molecule has 20 heavy (non-hydrogen) atoms. The summed E-state index contributed by atoms with van der Waals surface area (Å²) in [7, 11) is 0. The first-order chi connectivity index (χ1) is 9.61. The van der Waals surface area contributed by atoms with Gasteiger partial charge in [0.1, 0.15) is 0 Å². The number of ether oxygens (including phenoxy) is 1. The number of aryl methyl sites for hydroxylation is 1. The summed E-state index contributed by atoms with van der Waals surface area (Å²) in [6.07, 6.45) is 6.06. The van der Waals surface area contributed by atoms with Crippen molar-refractivity contribution in [1.29, 1.82) is 0 Å². The number of nitrogens with zero attached hydrogens (tertiary/aromatic N) is 2. The average molecular weight is 279 g/mol. The van der Waals surface area contributed by atoms with Crippen LogP contribution >= 0.6 is 0 Å². The van der Waals surface area contributed by atoms with Crippen molar-refractivity contribution >= 4 is 5.95 Å². The molecule has 0 amide bonds. The fourth-order valence-electron chi connectivity index (χ4n) is 2.53. The van der Waals surface area contributed by atoms with Gasteiger partial charge in [-0.05, 0) is 26.2 Å². The first-order valence-electron chi connectivity index (χ1n) is 7.56. The molecule has 5 heteroatoms. The van der Waals surface area contributed by atoms with E-state index in [0.717, 1.165) is 37.8 Å². The molecule has 0 spiro atoms. The number of nitrogens with one attached hydrogen (secondary N) is 1. The number of rotatable bonds is 6. The van der Waals surface area contributed by atoms with Crippen LogP contribution in [0.15, 0.2) is 6.07 Å². The Kier molecular flexibility index (Phi) is 5.17. The Morgan fingerprint density at radius 3 is 2.75 bits per heavy atom. The molecule has 2 N–H and O–H groups in total. The molecule has 0 saturated heterocycles. The molecule has 1 aliphatic rings. The molecule has 1 aromatic rings. The molecule has 1 aliphatic carbocycles. The number of aromatic nitrogens is 2. The SMILES string of the molecule is CCCOc1cc(C)nc(NCC2(O)CCCCC2)n1. The molecule has 1 aromatic heterocycles. The van der Waals surface area contributed by atoms with Crippen molar-refractivity contribution in [2.24, 2.45) is 0 Å². The zero-order chi connectivity index (χ0) is 14.4. The molecule has 1 fully saturated rings. The third kappa shape index (κ3) is 4.34. The van der Waals surface area contributed by atoms with Gasteiger partial charge in [-0.3, -0.25) is 0 Å². The third-order valence-electron chi connectivity index (χ3n) is 3.64. The summed E-state index contributed by atoms with van der Waals surface area (Å²) in [5, 5.41) is 13.6. The third-order valence-corrected chi connectivity index (χ3v) is 3.64. The van der Waals surface area contributed by atoms with Crippen LogP contribution in [0.5, 0.6) is 5.88 Å². The summed E-state index contributed by atoms with van der Waals surface area (Å²) in [5.74, 6) is 1.13. The summed E-state index contributed by atoms with van der Waals surface area (Å²) >= 11 is 0. The van der Waals surface area contributed by atoms with Crippen LogP contribution in [0.25, 0.3) is 0 Å². The van der Waals surface area contributed by atoms with Gasteiger partial charge in [-0.15, -0.1) is 0 Å². The van der Waals surface area contributed by atoms with E-state index in [1.807, 2.05) is 13.0 Å². The summed E-state index contributed by atoms with van der Waals surface area (Å²) in [6.45, 7) is 5.14. The highest BCUT2D eigenvalue weighted by Gasteiger charge is 2.29. The predicted molar refractivity (Wildman–Crippen MR) is 79.1 cm³/mol. The fourth-order valence-corrected chi connectivity index (χ4v) is 2.53. The lowest BCUT2D eigenvalue weighted by molar-refractivity contribution is 0.0165. The van der Waals surface area contributed by atoms with Crippen LogP contribution in [0, 0.1) is 6.92 Å². The van der Waals surface area contributed by atoms with Crippen LogP contribution in [0.4, 0.5) is 5.95 Å². The standard InChI is InChI=1S/C15H25N3O2/c1-3-9-20-13-10-12(2)17-14(18-13)16-11-15(19)7-5-4-6-8-15/h10,19H,3-9,11H2,1-2H3,(H,16,17,18). The molecule has 2 rings (SSSR count). The molecule has 0 aromatic carbocycles. The van der Waals surface area contributed by atoms with Gasteiger partial charge in [-0.2, -0.15) is 4.98 Å². The molecular weight excluding hydrogens is 254 g/mol. The van der Waals surface area contributed by atoms with Crippen LogP contribution in [0.2, 0.25) is 0 Å². The zero-order valence-corrected chi connectivity index (χ0v) is 12.5. The minimum atomic E-state index is -0.615. The van der Waals surface area contributed by atoms with Crippen molar-refractivity contribution in [2.75, 3.05) is 18.5 Å². The van der Waals surface area contributed by atoms with Gasteiger partial charge in [-0.25, -0.2) is 4.98 Å². The van der Waals surface area contributed by atoms with E-state index in [9.17, 15) is 5.11 Å². The maximum atomic E-state index is 10.5. The highest BCUT2D eigenvalue weighted by Crippen LogP contribution is 2.28. The van der Waals surface area contributed by atoms with E-state index in [0.29, 0.717) is 25.0 Å². The first-order valence-corrected chi connectivity index (χ1v) is 7.56. The zero-order valence-electron chi connectivity index (χ0n) is 12.5. The summed E-state index contributed by atoms with van der Waals surface area (Å²) in [4.78, 5) is 8.68. The van der Waals surface area contributed by atoms with Gasteiger partial charge in [0.2, 0.25) is 11.8 Å². The average Bonchev–Trinajstić information content (AvgIpc) is 2.43. The van der Waals surface area contributed by atoms with Crippen LogP contribution in [0.1, 0.15) is 51.1 Å². The number of aliphatic hydroxyl groups is 1. The molecule has 0 bridgehead atoms. The van der Waals surface area contributed by atoms with E-state index in [1.54, 1.807) is 0 Å². The number of hydrogen-bond acceptors (Lipinski definition) is 5. The van der Waals surface area contributed by atoms with Crippen molar-refractivity contribution in [1.82, 2.24) is 9.97 Å². The normalized spacial score (nSPS) is 17.8. The summed E-state index contributed by atoms with van der Waals surface area (Å²) < 4.78 is 5.54. The topological polar surface area (TPSA) is 67.3 Å². The van der Waals surface area contributed by atoms with Gasteiger partial charge in [0.25, 0.3) is 0 Å². The first kappa shape index (κ1) is 15.0. The van der Waals surface area contributed by atoms with Crippen molar-refractivity contribution in [2.45, 2.75) is 58.0 Å². The molecule has 5 nitrogen and oxygen atoms in total. The van der Waals surface area contributed by atoms with Crippen molar-refractivity contribution in [3.63, 3.8) is 0 Å². The lowest BCUT2D eigenvalue weighted by atomic mass is 9.85. The second-order valence-corrected chi connectivity index (χ2v) is 5.66. The lowest BCUT2D eigenvalue weighted by Gasteiger charge is -2.32. The second-order valence-electron chi connectivity index (χ2n) is 5.66. The highest BCUT2D eigenvalue weighted by molar-refractivity contribution is 5.31. The van der Waals surface area contributed by atoms with Crippen LogP contribution in [-0.2, 0) is 0 Å². The molecule has 0 aliphatic heterocycles. The Balaban J connectivity index is 1.96. The molecule has 1 saturated carbocycles. The molecule has 0 unspecified atom stereocenters. The molecular formula is C15H25N3O2. The Bertz CT molecular complexity index is 431. The fraction of sp³-hybridized carbons (Fsp3) is 0.733. The van der Waals surface area contributed by atoms with Gasteiger partial charge < -0.3 is 15.2 Å². The second kappa shape index (κ2) is 6.88. The van der Waals surface area contributed by atoms with Gasteiger partial charge in [0.15, 0.2) is 0 Å². The maximum Gasteiger partial charge on any atom is 0.226 e.